The average Bonchev–Trinajstić information content (AvgIpc) is 3.32. The maximum atomic E-state index is 15.5. The molecule has 12 heteroatoms. The summed E-state index contributed by atoms with van der Waals surface area (Å²) in [7, 11) is -0.144. The van der Waals surface area contributed by atoms with Gasteiger partial charge in [-0.25, -0.2) is 8.78 Å². The van der Waals surface area contributed by atoms with Crippen molar-refractivity contribution in [2.75, 3.05) is 44.9 Å². The van der Waals surface area contributed by atoms with Crippen LogP contribution in [0.3, 0.4) is 0 Å². The number of ether oxygens (including phenoxy) is 2. The molecule has 1 aromatic carbocycles. The summed E-state index contributed by atoms with van der Waals surface area (Å²) in [5.74, 6) is 0.181. The largest absolute Gasteiger partial charge is 0.489 e. The molecule has 0 amide bonds. The zero-order valence-electron chi connectivity index (χ0n) is 22.8. The molecule has 38 heavy (non-hydrogen) atoms. The molecule has 1 aromatic heterocycles. The van der Waals surface area contributed by atoms with Gasteiger partial charge in [0.25, 0.3) is 0 Å². The van der Waals surface area contributed by atoms with Crippen LogP contribution in [0.4, 0.5) is 14.6 Å². The second-order valence-corrected chi connectivity index (χ2v) is 18.3. The lowest BCUT2D eigenvalue weighted by atomic mass is 9.95. The van der Waals surface area contributed by atoms with Crippen LogP contribution in [0, 0.1) is 5.82 Å². The Kier molecular flexibility index (Phi) is 7.42. The molecule has 0 N–H and O–H groups in total. The Morgan fingerprint density at radius 3 is 2.74 bits per heavy atom. The lowest BCUT2D eigenvalue weighted by Gasteiger charge is -2.38. The highest BCUT2D eigenvalue weighted by atomic mass is 79.9. The minimum Gasteiger partial charge on any atom is -0.489 e. The van der Waals surface area contributed by atoms with Gasteiger partial charge in [0.2, 0.25) is 0 Å². The van der Waals surface area contributed by atoms with Gasteiger partial charge >= 0.3 is 6.01 Å². The number of aromatic nitrogens is 2. The normalized spacial score (nSPS) is 26.0. The molecule has 1 unspecified atom stereocenters. The van der Waals surface area contributed by atoms with Crippen LogP contribution in [0.15, 0.2) is 4.47 Å². The predicted molar refractivity (Wildman–Crippen MR) is 152 cm³/mol. The number of likely N-dealkylation sites (N-methyl/N-ethyl adjacent to an activating group) is 1. The van der Waals surface area contributed by atoms with Crippen LogP contribution in [-0.2, 0) is 4.43 Å². The molecule has 0 aliphatic carbocycles. The molecule has 3 atom stereocenters. The molecule has 2 aromatic rings. The van der Waals surface area contributed by atoms with E-state index < -0.39 is 20.3 Å². The second kappa shape index (κ2) is 9.97. The Hall–Kier alpha value is -1.27. The van der Waals surface area contributed by atoms with Crippen molar-refractivity contribution in [3.05, 3.63) is 15.3 Å². The molecule has 3 aliphatic heterocycles. The fourth-order valence-corrected chi connectivity index (χ4v) is 7.10. The number of anilines is 1. The zero-order chi connectivity index (χ0) is 27.6. The van der Waals surface area contributed by atoms with Crippen molar-refractivity contribution in [3.8, 4) is 11.8 Å². The molecule has 2 fully saturated rings. The third-order valence-electron chi connectivity index (χ3n) is 8.86. The average molecular weight is 634 g/mol. The standard InChI is InChI=1S/C26H36BrClF2N4O3Si/c1-25(2,3)38(5,6)37-13-16-12-35-22-17-21(20(30)18(27)19(22)28)31-24(32-23(17)33(16)4)36-14-26-8-7-9-34(26)11-15(29)10-26/h15-16H,7-14H2,1-6H3/t15-,16?,26+/m1/s1. The van der Waals surface area contributed by atoms with E-state index in [2.05, 4.69) is 59.7 Å². The predicted octanol–water partition coefficient (Wildman–Crippen LogP) is 6.36. The minimum absolute atomic E-state index is 0.0486. The van der Waals surface area contributed by atoms with Crippen molar-refractivity contribution in [2.45, 2.75) is 75.9 Å². The number of hydrogen-bond acceptors (Lipinski definition) is 7. The summed E-state index contributed by atoms with van der Waals surface area (Å²) in [4.78, 5) is 13.3. The van der Waals surface area contributed by atoms with Gasteiger partial charge in [-0.3, -0.25) is 4.90 Å². The monoisotopic (exact) mass is 632 g/mol. The molecular formula is C26H36BrClF2N4O3Si. The Morgan fingerprint density at radius 1 is 1.29 bits per heavy atom. The number of hydrogen-bond donors (Lipinski definition) is 0. The summed E-state index contributed by atoms with van der Waals surface area (Å²) >= 11 is 9.80. The van der Waals surface area contributed by atoms with Crippen molar-refractivity contribution >= 4 is 52.6 Å². The van der Waals surface area contributed by atoms with Crippen molar-refractivity contribution in [1.82, 2.24) is 14.9 Å². The summed E-state index contributed by atoms with van der Waals surface area (Å²) in [6.45, 7) is 13.2. The minimum atomic E-state index is -2.03. The molecule has 0 radical (unpaired) electrons. The first kappa shape index (κ1) is 28.3. The number of nitrogens with zero attached hydrogens (tertiary/aromatic N) is 4. The van der Waals surface area contributed by atoms with Crippen LogP contribution in [0.2, 0.25) is 23.2 Å². The highest BCUT2D eigenvalue weighted by molar-refractivity contribution is 9.10. The molecule has 5 rings (SSSR count). The smallest absolute Gasteiger partial charge is 0.319 e. The summed E-state index contributed by atoms with van der Waals surface area (Å²) < 4.78 is 48.7. The molecule has 4 heterocycles. The number of alkyl halides is 1. The van der Waals surface area contributed by atoms with E-state index in [1.54, 1.807) is 0 Å². The van der Waals surface area contributed by atoms with Crippen molar-refractivity contribution in [3.63, 3.8) is 0 Å². The van der Waals surface area contributed by atoms with E-state index in [0.717, 1.165) is 19.4 Å². The summed E-state index contributed by atoms with van der Waals surface area (Å²) in [6.07, 6.45) is 1.41. The molecule has 0 saturated carbocycles. The zero-order valence-corrected chi connectivity index (χ0v) is 26.2. The lowest BCUT2D eigenvalue weighted by Crippen LogP contribution is -2.47. The lowest BCUT2D eigenvalue weighted by molar-refractivity contribution is 0.107. The molecular weight excluding hydrogens is 598 g/mol. The molecule has 0 bridgehead atoms. The van der Waals surface area contributed by atoms with Gasteiger partial charge in [-0.1, -0.05) is 32.4 Å². The number of rotatable bonds is 6. The first-order chi connectivity index (χ1) is 17.7. The van der Waals surface area contributed by atoms with Crippen LogP contribution < -0.4 is 14.4 Å². The van der Waals surface area contributed by atoms with Gasteiger partial charge in [-0.05, 0) is 53.4 Å². The van der Waals surface area contributed by atoms with Gasteiger partial charge in [0.15, 0.2) is 19.9 Å². The summed E-state index contributed by atoms with van der Waals surface area (Å²) in [5, 5.41) is 0.576. The Morgan fingerprint density at radius 2 is 2.03 bits per heavy atom. The van der Waals surface area contributed by atoms with Crippen LogP contribution >= 0.6 is 27.5 Å². The quantitative estimate of drug-likeness (QED) is 0.271. The van der Waals surface area contributed by atoms with Crippen LogP contribution in [0.5, 0.6) is 11.8 Å². The molecule has 0 spiro atoms. The van der Waals surface area contributed by atoms with Gasteiger partial charge in [0.05, 0.1) is 28.0 Å². The van der Waals surface area contributed by atoms with Crippen LogP contribution in [-0.4, -0.2) is 80.9 Å². The highest BCUT2D eigenvalue weighted by Crippen LogP contribution is 2.47. The second-order valence-electron chi connectivity index (χ2n) is 12.3. The Labute approximate surface area is 237 Å². The van der Waals surface area contributed by atoms with Crippen molar-refractivity contribution < 1.29 is 22.7 Å². The van der Waals surface area contributed by atoms with Gasteiger partial charge in [-0.15, -0.1) is 0 Å². The first-order valence-electron chi connectivity index (χ1n) is 13.1. The van der Waals surface area contributed by atoms with Crippen molar-refractivity contribution in [2.24, 2.45) is 0 Å². The Bertz CT molecular complexity index is 1250. The SMILES string of the molecule is CN1c2nc(OC[C@@]34CCCN3C[C@H](F)C4)nc3c(F)c(Br)c(Cl)c(c23)OCC1CO[Si](C)(C)C(C)(C)C. The van der Waals surface area contributed by atoms with Gasteiger partial charge in [0.1, 0.15) is 35.7 Å². The maximum Gasteiger partial charge on any atom is 0.319 e. The van der Waals surface area contributed by atoms with E-state index in [1.165, 1.54) is 0 Å². The third-order valence-corrected chi connectivity index (χ3v) is 14.7. The fourth-order valence-electron chi connectivity index (χ4n) is 5.45. The highest BCUT2D eigenvalue weighted by Gasteiger charge is 2.49. The number of fused-ring (bicyclic) bond motifs is 1. The van der Waals surface area contributed by atoms with E-state index in [1.807, 2.05) is 11.9 Å². The number of benzene rings is 1. The van der Waals surface area contributed by atoms with Crippen LogP contribution in [0.25, 0.3) is 10.9 Å². The first-order valence-corrected chi connectivity index (χ1v) is 17.2. The van der Waals surface area contributed by atoms with E-state index in [0.29, 0.717) is 36.5 Å². The third kappa shape index (κ3) is 4.80. The molecule has 2 saturated heterocycles. The van der Waals surface area contributed by atoms with E-state index in [4.69, 9.17) is 30.5 Å². The van der Waals surface area contributed by atoms with E-state index in [9.17, 15) is 4.39 Å². The summed E-state index contributed by atoms with van der Waals surface area (Å²) in [6, 6.07) is -0.153. The molecule has 3 aliphatic rings. The molecule has 7 nitrogen and oxygen atoms in total. The topological polar surface area (TPSA) is 60.0 Å². The fraction of sp³-hybridized carbons (Fsp3) is 0.692. The van der Waals surface area contributed by atoms with Gasteiger partial charge in [0, 0.05) is 20.0 Å². The Balaban J connectivity index is 1.50. The maximum absolute atomic E-state index is 15.5. The van der Waals surface area contributed by atoms with Gasteiger partial charge < -0.3 is 18.8 Å². The summed E-state index contributed by atoms with van der Waals surface area (Å²) in [5.41, 5.74) is -0.310. The van der Waals surface area contributed by atoms with E-state index >= 15 is 4.39 Å². The van der Waals surface area contributed by atoms with E-state index in [-0.39, 0.29) is 50.9 Å². The van der Waals surface area contributed by atoms with Crippen molar-refractivity contribution in [1.29, 1.82) is 0 Å². The number of halogens is 4. The van der Waals surface area contributed by atoms with Gasteiger partial charge in [-0.2, -0.15) is 9.97 Å². The molecule has 210 valence electrons. The van der Waals surface area contributed by atoms with Crippen LogP contribution in [0.1, 0.15) is 40.0 Å².